The normalized spacial score (nSPS) is 14.6. The summed E-state index contributed by atoms with van der Waals surface area (Å²) in [5.74, 6) is -0.540. The van der Waals surface area contributed by atoms with Crippen molar-refractivity contribution in [3.8, 4) is 5.75 Å². The largest absolute Gasteiger partial charge is 0.482 e. The van der Waals surface area contributed by atoms with Crippen LogP contribution in [0.25, 0.3) is 0 Å². The first-order chi connectivity index (χ1) is 16.1. The monoisotopic (exact) mass is 442 g/mol. The van der Waals surface area contributed by atoms with Gasteiger partial charge in [0, 0.05) is 17.5 Å². The summed E-state index contributed by atoms with van der Waals surface area (Å²) < 4.78 is 5.47. The van der Waals surface area contributed by atoms with Gasteiger partial charge in [-0.05, 0) is 42.4 Å². The van der Waals surface area contributed by atoms with Crippen LogP contribution in [-0.4, -0.2) is 29.3 Å². The zero-order valence-corrected chi connectivity index (χ0v) is 18.2. The number of hydrazone groups is 1. The van der Waals surface area contributed by atoms with Crippen molar-refractivity contribution in [2.45, 2.75) is 31.6 Å². The Morgan fingerprint density at radius 1 is 0.939 bits per heavy atom. The van der Waals surface area contributed by atoms with Gasteiger partial charge in [-0.2, -0.15) is 5.10 Å². The van der Waals surface area contributed by atoms with E-state index in [0.29, 0.717) is 17.9 Å². The van der Waals surface area contributed by atoms with Crippen LogP contribution in [0.4, 0.5) is 0 Å². The van der Waals surface area contributed by atoms with E-state index < -0.39 is 5.97 Å². The molecule has 1 unspecified atom stereocenters. The first kappa shape index (κ1) is 22.3. The minimum Gasteiger partial charge on any atom is -0.482 e. The molecule has 0 saturated heterocycles. The van der Waals surface area contributed by atoms with Crippen molar-refractivity contribution < 1.29 is 19.4 Å². The van der Waals surface area contributed by atoms with Gasteiger partial charge in [0.25, 0.3) is 0 Å². The number of ether oxygens (including phenoxy) is 1. The molecule has 1 aliphatic rings. The molecule has 1 aliphatic carbocycles. The number of carboxylic acids is 1. The topological polar surface area (TPSA) is 88.0 Å². The van der Waals surface area contributed by atoms with Crippen LogP contribution in [-0.2, 0) is 16.0 Å². The average molecular weight is 443 g/mol. The Balaban J connectivity index is 1.50. The standard InChI is InChI=1S/C27H26N2O4/c30-25(28-29-27(19-9-3-1-4-10-19)20-11-5-2-6-12-20)17-21-13-7-15-23-22(21)14-8-16-24(23)33-18-26(31)32/h1-6,8-12,14,16,21H,7,13,15,17-18H2,(H,28,30)(H,31,32). The molecule has 2 N–H and O–H groups in total. The van der Waals surface area contributed by atoms with E-state index in [2.05, 4.69) is 10.5 Å². The highest BCUT2D eigenvalue weighted by Crippen LogP contribution is 2.38. The maximum Gasteiger partial charge on any atom is 0.341 e. The van der Waals surface area contributed by atoms with Gasteiger partial charge in [0.15, 0.2) is 6.61 Å². The van der Waals surface area contributed by atoms with Crippen LogP contribution in [0.15, 0.2) is 84.0 Å². The van der Waals surface area contributed by atoms with Crippen molar-refractivity contribution in [2.75, 3.05) is 6.61 Å². The highest BCUT2D eigenvalue weighted by atomic mass is 16.5. The fourth-order valence-corrected chi connectivity index (χ4v) is 4.28. The summed E-state index contributed by atoms with van der Waals surface area (Å²) >= 11 is 0. The number of carboxylic acid groups (broad SMARTS) is 1. The summed E-state index contributed by atoms with van der Waals surface area (Å²) in [4.78, 5) is 23.8. The number of hydrogen-bond acceptors (Lipinski definition) is 4. The molecule has 3 aromatic carbocycles. The first-order valence-corrected chi connectivity index (χ1v) is 11.1. The number of rotatable bonds is 8. The Bertz CT molecular complexity index is 1100. The summed E-state index contributed by atoms with van der Waals surface area (Å²) in [6.07, 6.45) is 2.92. The predicted molar refractivity (Wildman–Crippen MR) is 127 cm³/mol. The molecular weight excluding hydrogens is 416 g/mol. The number of benzene rings is 3. The molecule has 0 spiro atoms. The lowest BCUT2D eigenvalue weighted by Crippen LogP contribution is -2.24. The smallest absolute Gasteiger partial charge is 0.341 e. The lowest BCUT2D eigenvalue weighted by molar-refractivity contribution is -0.139. The van der Waals surface area contributed by atoms with Crippen molar-refractivity contribution in [1.29, 1.82) is 0 Å². The molecule has 0 radical (unpaired) electrons. The van der Waals surface area contributed by atoms with Crippen LogP contribution >= 0.6 is 0 Å². The van der Waals surface area contributed by atoms with Crippen LogP contribution in [0, 0.1) is 0 Å². The lowest BCUT2D eigenvalue weighted by atomic mass is 9.80. The minimum atomic E-state index is -1.01. The van der Waals surface area contributed by atoms with Gasteiger partial charge in [-0.1, -0.05) is 72.8 Å². The van der Waals surface area contributed by atoms with Crippen molar-refractivity contribution in [1.82, 2.24) is 5.43 Å². The molecule has 6 heteroatoms. The number of carbonyl (C=O) groups excluding carboxylic acids is 1. The van der Waals surface area contributed by atoms with Gasteiger partial charge in [0.05, 0.1) is 5.71 Å². The van der Waals surface area contributed by atoms with E-state index in [-0.39, 0.29) is 18.4 Å². The molecule has 6 nitrogen and oxygen atoms in total. The molecule has 0 aromatic heterocycles. The maximum atomic E-state index is 12.9. The summed E-state index contributed by atoms with van der Waals surface area (Å²) in [7, 11) is 0. The van der Waals surface area contributed by atoms with E-state index in [1.54, 1.807) is 6.07 Å². The molecule has 0 heterocycles. The van der Waals surface area contributed by atoms with E-state index >= 15 is 0 Å². The molecule has 1 amide bonds. The van der Waals surface area contributed by atoms with Crippen LogP contribution in [0.3, 0.4) is 0 Å². The third-order valence-electron chi connectivity index (χ3n) is 5.76. The highest BCUT2D eigenvalue weighted by molar-refractivity contribution is 6.13. The fraction of sp³-hybridized carbons (Fsp3) is 0.222. The number of fused-ring (bicyclic) bond motifs is 1. The van der Waals surface area contributed by atoms with Gasteiger partial charge in [0.2, 0.25) is 5.91 Å². The van der Waals surface area contributed by atoms with E-state index in [4.69, 9.17) is 9.84 Å². The molecule has 0 fully saturated rings. The molecule has 168 valence electrons. The number of amides is 1. The van der Waals surface area contributed by atoms with E-state index in [1.807, 2.05) is 72.8 Å². The second-order valence-corrected chi connectivity index (χ2v) is 8.03. The van der Waals surface area contributed by atoms with Crippen LogP contribution in [0.5, 0.6) is 5.75 Å². The van der Waals surface area contributed by atoms with Crippen LogP contribution in [0.2, 0.25) is 0 Å². The molecule has 1 atom stereocenters. The lowest BCUT2D eigenvalue weighted by Gasteiger charge is -2.26. The van der Waals surface area contributed by atoms with Gasteiger partial charge in [-0.25, -0.2) is 10.2 Å². The number of hydrogen-bond donors (Lipinski definition) is 2. The number of nitrogens with zero attached hydrogens (tertiary/aromatic N) is 1. The zero-order chi connectivity index (χ0) is 23.0. The molecule has 4 rings (SSSR count). The molecule has 0 bridgehead atoms. The molecule has 33 heavy (non-hydrogen) atoms. The Hall–Kier alpha value is -3.93. The predicted octanol–water partition coefficient (Wildman–Crippen LogP) is 4.53. The van der Waals surface area contributed by atoms with Gasteiger partial charge >= 0.3 is 5.97 Å². The Labute approximate surface area is 192 Å². The van der Waals surface area contributed by atoms with Crippen molar-refractivity contribution in [3.63, 3.8) is 0 Å². The van der Waals surface area contributed by atoms with Gasteiger partial charge in [0.1, 0.15) is 5.75 Å². The second-order valence-electron chi connectivity index (χ2n) is 8.03. The maximum absolute atomic E-state index is 12.9. The van der Waals surface area contributed by atoms with Gasteiger partial charge in [-0.3, -0.25) is 4.79 Å². The van der Waals surface area contributed by atoms with E-state index in [1.165, 1.54) is 0 Å². The van der Waals surface area contributed by atoms with Crippen molar-refractivity contribution in [3.05, 3.63) is 101 Å². The SMILES string of the molecule is O=C(O)COc1cccc2c1CCCC2CC(=O)NN=C(c1ccccc1)c1ccccc1. The van der Waals surface area contributed by atoms with Gasteiger partial charge in [-0.15, -0.1) is 0 Å². The summed E-state index contributed by atoms with van der Waals surface area (Å²) in [5.41, 5.74) is 7.36. The number of aliphatic carboxylic acids is 1. The Kier molecular flexibility index (Phi) is 7.15. The second kappa shape index (κ2) is 10.6. The summed E-state index contributed by atoms with van der Waals surface area (Å²) in [6.45, 7) is -0.377. The molecular formula is C27H26N2O4. The summed E-state index contributed by atoms with van der Waals surface area (Å²) in [6, 6.07) is 25.2. The average Bonchev–Trinajstić information content (AvgIpc) is 2.84. The third-order valence-corrected chi connectivity index (χ3v) is 5.76. The zero-order valence-electron chi connectivity index (χ0n) is 18.2. The Morgan fingerprint density at radius 2 is 1.61 bits per heavy atom. The number of carbonyl (C=O) groups is 2. The first-order valence-electron chi connectivity index (χ1n) is 11.1. The molecule has 3 aromatic rings. The highest BCUT2D eigenvalue weighted by Gasteiger charge is 2.25. The van der Waals surface area contributed by atoms with E-state index in [0.717, 1.165) is 41.5 Å². The summed E-state index contributed by atoms with van der Waals surface area (Å²) in [5, 5.41) is 13.4. The minimum absolute atomic E-state index is 0.0363. The van der Waals surface area contributed by atoms with Crippen molar-refractivity contribution >= 4 is 17.6 Å². The molecule has 0 aliphatic heterocycles. The Morgan fingerprint density at radius 3 is 2.24 bits per heavy atom. The third kappa shape index (κ3) is 5.66. The van der Waals surface area contributed by atoms with Crippen LogP contribution in [0.1, 0.15) is 47.4 Å². The van der Waals surface area contributed by atoms with Gasteiger partial charge < -0.3 is 9.84 Å². The van der Waals surface area contributed by atoms with Crippen LogP contribution < -0.4 is 10.2 Å². The van der Waals surface area contributed by atoms with E-state index in [9.17, 15) is 9.59 Å². The molecule has 0 saturated carbocycles. The number of nitrogens with one attached hydrogen (secondary N) is 1. The van der Waals surface area contributed by atoms with Crippen molar-refractivity contribution in [2.24, 2.45) is 5.10 Å². The fourth-order valence-electron chi connectivity index (χ4n) is 4.28. The quantitative estimate of drug-likeness (QED) is 0.396.